The molecule has 0 bridgehead atoms. The maximum atomic E-state index is 10.4. The summed E-state index contributed by atoms with van der Waals surface area (Å²) in [4.78, 5) is 10.4. The van der Waals surface area contributed by atoms with E-state index in [4.69, 9.17) is 10.4 Å². The summed E-state index contributed by atoms with van der Waals surface area (Å²) < 4.78 is 0. The number of nitriles is 1. The van der Waals surface area contributed by atoms with E-state index < -0.39 is 12.0 Å². The molecule has 1 unspecified atom stereocenters. The summed E-state index contributed by atoms with van der Waals surface area (Å²) >= 11 is 0. The van der Waals surface area contributed by atoms with Crippen LogP contribution in [-0.2, 0) is 4.79 Å². The number of benzene rings is 1. The number of carboxylic acids is 1. The summed E-state index contributed by atoms with van der Waals surface area (Å²) in [5, 5.41) is 20.5. The molecule has 2 N–H and O–H groups in total. The van der Waals surface area contributed by atoms with Gasteiger partial charge in [-0.05, 0) is 17.0 Å². The van der Waals surface area contributed by atoms with Crippen LogP contribution in [0.2, 0.25) is 0 Å². The van der Waals surface area contributed by atoms with Crippen LogP contribution in [0.25, 0.3) is 0 Å². The SMILES string of the molecule is CC(C)c1ccc(C(C#N)NCCC(=O)O)cc1. The molecule has 0 aliphatic rings. The molecule has 96 valence electrons. The number of aliphatic carboxylic acids is 1. The summed E-state index contributed by atoms with van der Waals surface area (Å²) in [6.45, 7) is 4.52. The quantitative estimate of drug-likeness (QED) is 0.808. The highest BCUT2D eigenvalue weighted by molar-refractivity contribution is 5.66. The largest absolute Gasteiger partial charge is 0.481 e. The molecule has 4 heteroatoms. The predicted octanol–water partition coefficient (Wildman–Crippen LogP) is 2.44. The van der Waals surface area contributed by atoms with Crippen LogP contribution in [0.4, 0.5) is 0 Å². The average Bonchev–Trinajstić information content (AvgIpc) is 2.34. The Hall–Kier alpha value is -1.86. The van der Waals surface area contributed by atoms with Crippen molar-refractivity contribution >= 4 is 5.97 Å². The van der Waals surface area contributed by atoms with Crippen molar-refractivity contribution in [2.45, 2.75) is 32.2 Å². The van der Waals surface area contributed by atoms with Gasteiger partial charge in [-0.2, -0.15) is 5.26 Å². The highest BCUT2D eigenvalue weighted by Crippen LogP contribution is 2.18. The Kier molecular flexibility index (Phi) is 5.34. The summed E-state index contributed by atoms with van der Waals surface area (Å²) in [6, 6.07) is 9.52. The van der Waals surface area contributed by atoms with E-state index in [2.05, 4.69) is 25.2 Å². The van der Waals surface area contributed by atoms with Crippen LogP contribution in [0, 0.1) is 11.3 Å². The van der Waals surface area contributed by atoms with E-state index in [0.29, 0.717) is 12.5 Å². The van der Waals surface area contributed by atoms with Gasteiger partial charge in [-0.25, -0.2) is 0 Å². The molecule has 0 aromatic heterocycles. The number of carboxylic acid groups (broad SMARTS) is 1. The first kappa shape index (κ1) is 14.2. The second-order valence-electron chi connectivity index (χ2n) is 4.48. The molecular weight excluding hydrogens is 228 g/mol. The first-order valence-electron chi connectivity index (χ1n) is 5.99. The standard InChI is InChI=1S/C14H18N2O2/c1-10(2)11-3-5-12(6-4-11)13(9-15)16-8-7-14(17)18/h3-6,10,13,16H,7-8H2,1-2H3,(H,17,18). The van der Waals surface area contributed by atoms with Gasteiger partial charge in [0.2, 0.25) is 0 Å². The topological polar surface area (TPSA) is 73.1 Å². The minimum absolute atomic E-state index is 0.0161. The zero-order valence-corrected chi connectivity index (χ0v) is 10.7. The predicted molar refractivity (Wildman–Crippen MR) is 69.1 cm³/mol. The minimum atomic E-state index is -0.866. The monoisotopic (exact) mass is 246 g/mol. The van der Waals surface area contributed by atoms with Gasteiger partial charge in [0.25, 0.3) is 0 Å². The third kappa shape index (κ3) is 4.19. The molecule has 4 nitrogen and oxygen atoms in total. The normalized spacial score (nSPS) is 12.1. The highest BCUT2D eigenvalue weighted by Gasteiger charge is 2.10. The second kappa shape index (κ2) is 6.77. The Morgan fingerprint density at radius 3 is 2.33 bits per heavy atom. The first-order valence-corrected chi connectivity index (χ1v) is 5.99. The van der Waals surface area contributed by atoms with Crippen molar-refractivity contribution in [3.05, 3.63) is 35.4 Å². The van der Waals surface area contributed by atoms with E-state index in [-0.39, 0.29) is 6.42 Å². The van der Waals surface area contributed by atoms with E-state index in [9.17, 15) is 4.79 Å². The van der Waals surface area contributed by atoms with Gasteiger partial charge in [0.1, 0.15) is 6.04 Å². The molecule has 0 aliphatic carbocycles. The molecule has 1 rings (SSSR count). The Labute approximate surface area is 107 Å². The van der Waals surface area contributed by atoms with Crippen LogP contribution in [0.1, 0.15) is 43.4 Å². The van der Waals surface area contributed by atoms with Crippen LogP contribution in [0.5, 0.6) is 0 Å². The summed E-state index contributed by atoms with van der Waals surface area (Å²) in [7, 11) is 0. The molecule has 1 aromatic carbocycles. The Balaban J connectivity index is 2.65. The summed E-state index contributed by atoms with van der Waals surface area (Å²) in [6.07, 6.45) is 0.0161. The number of hydrogen-bond donors (Lipinski definition) is 2. The molecule has 0 saturated carbocycles. The number of rotatable bonds is 6. The van der Waals surface area contributed by atoms with Crippen molar-refractivity contribution in [1.82, 2.24) is 5.32 Å². The Bertz CT molecular complexity index is 432. The summed E-state index contributed by atoms with van der Waals surface area (Å²) in [5.74, 6) is -0.408. The fourth-order valence-corrected chi connectivity index (χ4v) is 1.63. The van der Waals surface area contributed by atoms with Crippen molar-refractivity contribution in [3.8, 4) is 6.07 Å². The van der Waals surface area contributed by atoms with Crippen molar-refractivity contribution in [1.29, 1.82) is 5.26 Å². The van der Waals surface area contributed by atoms with Crippen LogP contribution < -0.4 is 5.32 Å². The lowest BCUT2D eigenvalue weighted by Gasteiger charge is -2.12. The lowest BCUT2D eigenvalue weighted by Crippen LogP contribution is -2.23. The van der Waals surface area contributed by atoms with Gasteiger partial charge in [0.05, 0.1) is 12.5 Å². The number of nitrogens with zero attached hydrogens (tertiary/aromatic N) is 1. The van der Waals surface area contributed by atoms with Crippen LogP contribution in [-0.4, -0.2) is 17.6 Å². The van der Waals surface area contributed by atoms with Gasteiger partial charge < -0.3 is 5.11 Å². The lowest BCUT2D eigenvalue weighted by molar-refractivity contribution is -0.136. The van der Waals surface area contributed by atoms with Gasteiger partial charge in [0.15, 0.2) is 0 Å². The molecule has 18 heavy (non-hydrogen) atoms. The molecule has 0 radical (unpaired) electrons. The highest BCUT2D eigenvalue weighted by atomic mass is 16.4. The number of nitrogens with one attached hydrogen (secondary N) is 1. The van der Waals surface area contributed by atoms with E-state index in [1.807, 2.05) is 24.3 Å². The maximum Gasteiger partial charge on any atom is 0.304 e. The van der Waals surface area contributed by atoms with E-state index in [1.165, 1.54) is 5.56 Å². The van der Waals surface area contributed by atoms with Crippen LogP contribution in [0.15, 0.2) is 24.3 Å². The maximum absolute atomic E-state index is 10.4. The van der Waals surface area contributed by atoms with Gasteiger partial charge in [-0.3, -0.25) is 10.1 Å². The summed E-state index contributed by atoms with van der Waals surface area (Å²) in [5.41, 5.74) is 2.09. The van der Waals surface area contributed by atoms with Gasteiger partial charge in [0, 0.05) is 6.54 Å². The van der Waals surface area contributed by atoms with E-state index >= 15 is 0 Å². The lowest BCUT2D eigenvalue weighted by atomic mass is 9.99. The molecule has 0 amide bonds. The van der Waals surface area contributed by atoms with Crippen molar-refractivity contribution in [2.24, 2.45) is 0 Å². The molecule has 1 atom stereocenters. The minimum Gasteiger partial charge on any atom is -0.481 e. The first-order chi connectivity index (χ1) is 8.54. The smallest absolute Gasteiger partial charge is 0.304 e. The molecular formula is C14H18N2O2. The molecule has 0 aliphatic heterocycles. The Morgan fingerprint density at radius 2 is 1.89 bits per heavy atom. The van der Waals surface area contributed by atoms with Gasteiger partial charge >= 0.3 is 5.97 Å². The fraction of sp³-hybridized carbons (Fsp3) is 0.429. The average molecular weight is 246 g/mol. The van der Waals surface area contributed by atoms with Gasteiger partial charge in [-0.1, -0.05) is 38.1 Å². The number of hydrogen-bond acceptors (Lipinski definition) is 3. The second-order valence-corrected chi connectivity index (χ2v) is 4.48. The zero-order chi connectivity index (χ0) is 13.5. The fourth-order valence-electron chi connectivity index (χ4n) is 1.63. The molecule has 0 saturated heterocycles. The van der Waals surface area contributed by atoms with Crippen molar-refractivity contribution in [3.63, 3.8) is 0 Å². The third-order valence-electron chi connectivity index (χ3n) is 2.75. The van der Waals surface area contributed by atoms with Crippen LogP contribution >= 0.6 is 0 Å². The molecule has 1 aromatic rings. The molecule has 0 fully saturated rings. The molecule has 0 spiro atoms. The van der Waals surface area contributed by atoms with Crippen molar-refractivity contribution in [2.75, 3.05) is 6.54 Å². The van der Waals surface area contributed by atoms with Gasteiger partial charge in [-0.15, -0.1) is 0 Å². The van der Waals surface area contributed by atoms with E-state index in [1.54, 1.807) is 0 Å². The number of carbonyl (C=O) groups is 1. The Morgan fingerprint density at radius 1 is 1.33 bits per heavy atom. The van der Waals surface area contributed by atoms with Crippen LogP contribution in [0.3, 0.4) is 0 Å². The van der Waals surface area contributed by atoms with Crippen molar-refractivity contribution < 1.29 is 9.90 Å². The molecule has 0 heterocycles. The zero-order valence-electron chi connectivity index (χ0n) is 10.7. The van der Waals surface area contributed by atoms with E-state index in [0.717, 1.165) is 5.56 Å². The third-order valence-corrected chi connectivity index (χ3v) is 2.75.